The lowest BCUT2D eigenvalue weighted by molar-refractivity contribution is 0.157. The second-order valence-corrected chi connectivity index (χ2v) is 6.21. The van der Waals surface area contributed by atoms with E-state index in [-0.39, 0.29) is 5.03 Å². The monoisotopic (exact) mass is 259 g/mol. The zero-order chi connectivity index (χ0) is 12.5. The molecule has 17 heavy (non-hydrogen) atoms. The summed E-state index contributed by atoms with van der Waals surface area (Å²) in [6.07, 6.45) is 2.22. The number of sulfonamides is 1. The molecule has 0 aliphatic carbocycles. The first kappa shape index (κ1) is 12.5. The van der Waals surface area contributed by atoms with Gasteiger partial charge in [-0.1, -0.05) is 0 Å². The maximum Gasteiger partial charge on any atom is 0.260 e. The number of H-pyrrole nitrogens is 1. The molecule has 1 unspecified atom stereocenters. The summed E-state index contributed by atoms with van der Waals surface area (Å²) in [6.45, 7) is 3.41. The van der Waals surface area contributed by atoms with Crippen molar-refractivity contribution in [2.45, 2.75) is 18.4 Å². The molecule has 1 aromatic heterocycles. The number of ether oxygens (including phenoxy) is 1. The number of imidazole rings is 1. The van der Waals surface area contributed by atoms with Gasteiger partial charge < -0.3 is 9.72 Å². The van der Waals surface area contributed by atoms with Crippen molar-refractivity contribution in [3.05, 3.63) is 12.0 Å². The molecule has 1 N–H and O–H groups in total. The van der Waals surface area contributed by atoms with Gasteiger partial charge in [0.1, 0.15) is 5.82 Å². The summed E-state index contributed by atoms with van der Waals surface area (Å²) in [6, 6.07) is 0. The molecule has 0 bridgehead atoms. The number of nitrogens with one attached hydrogen (secondary N) is 1. The van der Waals surface area contributed by atoms with Crippen LogP contribution in [0.3, 0.4) is 0 Å². The lowest BCUT2D eigenvalue weighted by atomic mass is 10.1. The van der Waals surface area contributed by atoms with E-state index in [0.29, 0.717) is 31.4 Å². The van der Waals surface area contributed by atoms with Crippen molar-refractivity contribution < 1.29 is 13.2 Å². The Kier molecular flexibility index (Phi) is 3.50. The fourth-order valence-corrected chi connectivity index (χ4v) is 3.55. The summed E-state index contributed by atoms with van der Waals surface area (Å²) in [7, 11) is -1.78. The zero-order valence-corrected chi connectivity index (χ0v) is 10.8. The SMILES string of the molecule is COCC1CCN(S(=O)(=O)c2cnc(C)[nH]2)C1. The van der Waals surface area contributed by atoms with Crippen LogP contribution in [-0.4, -0.2) is 49.5 Å². The molecular weight excluding hydrogens is 242 g/mol. The van der Waals surface area contributed by atoms with Gasteiger partial charge in [0, 0.05) is 20.2 Å². The van der Waals surface area contributed by atoms with Crippen LogP contribution in [0.2, 0.25) is 0 Å². The Morgan fingerprint density at radius 2 is 2.41 bits per heavy atom. The lowest BCUT2D eigenvalue weighted by Crippen LogP contribution is -2.29. The molecule has 96 valence electrons. The minimum absolute atomic E-state index is 0.174. The van der Waals surface area contributed by atoms with Gasteiger partial charge in [0.25, 0.3) is 10.0 Å². The third-order valence-electron chi connectivity index (χ3n) is 2.95. The van der Waals surface area contributed by atoms with Crippen LogP contribution >= 0.6 is 0 Å². The molecule has 2 rings (SSSR count). The molecule has 6 nitrogen and oxygen atoms in total. The maximum absolute atomic E-state index is 12.2. The Labute approximate surface area is 101 Å². The number of aryl methyl sites for hydroxylation is 1. The Hall–Kier alpha value is -0.920. The smallest absolute Gasteiger partial charge is 0.260 e. The fourth-order valence-electron chi connectivity index (χ4n) is 2.06. The van der Waals surface area contributed by atoms with Gasteiger partial charge in [-0.25, -0.2) is 13.4 Å². The van der Waals surface area contributed by atoms with Gasteiger partial charge in [0.15, 0.2) is 5.03 Å². The highest BCUT2D eigenvalue weighted by atomic mass is 32.2. The number of aromatic amines is 1. The summed E-state index contributed by atoms with van der Waals surface area (Å²) >= 11 is 0. The molecule has 0 aromatic carbocycles. The van der Waals surface area contributed by atoms with Crippen LogP contribution in [0.1, 0.15) is 12.2 Å². The van der Waals surface area contributed by atoms with E-state index in [1.807, 2.05) is 0 Å². The number of hydrogen-bond donors (Lipinski definition) is 1. The normalized spacial score (nSPS) is 22.1. The van der Waals surface area contributed by atoms with Gasteiger partial charge in [0.2, 0.25) is 0 Å². The van der Waals surface area contributed by atoms with Gasteiger partial charge in [-0.05, 0) is 19.3 Å². The standard InChI is InChI=1S/C10H17N3O3S/c1-8-11-5-10(12-8)17(14,15)13-4-3-9(6-13)7-16-2/h5,9H,3-4,6-7H2,1-2H3,(H,11,12). The first-order chi connectivity index (χ1) is 8.04. The molecule has 0 radical (unpaired) electrons. The summed E-state index contributed by atoms with van der Waals surface area (Å²) in [5.74, 6) is 0.898. The summed E-state index contributed by atoms with van der Waals surface area (Å²) in [5.41, 5.74) is 0. The van der Waals surface area contributed by atoms with Gasteiger partial charge >= 0.3 is 0 Å². The number of nitrogens with zero attached hydrogens (tertiary/aromatic N) is 2. The van der Waals surface area contributed by atoms with Crippen molar-refractivity contribution in [3.63, 3.8) is 0 Å². The second kappa shape index (κ2) is 4.75. The number of hydrogen-bond acceptors (Lipinski definition) is 4. The number of methoxy groups -OCH3 is 1. The highest BCUT2D eigenvalue weighted by molar-refractivity contribution is 7.89. The molecule has 0 saturated carbocycles. The molecule has 1 aliphatic heterocycles. The van der Waals surface area contributed by atoms with Crippen molar-refractivity contribution in [2.75, 3.05) is 26.8 Å². The topological polar surface area (TPSA) is 75.3 Å². The molecule has 1 aromatic rings. The van der Waals surface area contributed by atoms with Crippen LogP contribution in [0.25, 0.3) is 0 Å². The third kappa shape index (κ3) is 2.51. The molecule has 1 aliphatic rings. The highest BCUT2D eigenvalue weighted by Crippen LogP contribution is 2.23. The van der Waals surface area contributed by atoms with Crippen LogP contribution in [0.15, 0.2) is 11.2 Å². The third-order valence-corrected chi connectivity index (χ3v) is 4.72. The van der Waals surface area contributed by atoms with E-state index in [2.05, 4.69) is 9.97 Å². The highest BCUT2D eigenvalue weighted by Gasteiger charge is 2.33. The Bertz CT molecular complexity index is 483. The van der Waals surface area contributed by atoms with Crippen molar-refractivity contribution in [1.82, 2.24) is 14.3 Å². The number of aromatic nitrogens is 2. The minimum Gasteiger partial charge on any atom is -0.384 e. The zero-order valence-electron chi connectivity index (χ0n) is 10.0. The molecule has 1 saturated heterocycles. The van der Waals surface area contributed by atoms with Crippen LogP contribution < -0.4 is 0 Å². The van der Waals surface area contributed by atoms with Crippen molar-refractivity contribution in [3.8, 4) is 0 Å². The van der Waals surface area contributed by atoms with Crippen molar-refractivity contribution in [2.24, 2.45) is 5.92 Å². The van der Waals surface area contributed by atoms with Gasteiger partial charge in [0.05, 0.1) is 12.8 Å². The Morgan fingerprint density at radius 3 is 3.00 bits per heavy atom. The van der Waals surface area contributed by atoms with Gasteiger partial charge in [-0.3, -0.25) is 0 Å². The largest absolute Gasteiger partial charge is 0.384 e. The van der Waals surface area contributed by atoms with E-state index in [1.54, 1.807) is 14.0 Å². The predicted octanol–water partition coefficient (Wildman–Crippen LogP) is 0.375. The van der Waals surface area contributed by atoms with Crippen LogP contribution in [0, 0.1) is 12.8 Å². The van der Waals surface area contributed by atoms with Crippen LogP contribution in [0.5, 0.6) is 0 Å². The molecule has 0 spiro atoms. The van der Waals surface area contributed by atoms with E-state index in [4.69, 9.17) is 4.74 Å². The maximum atomic E-state index is 12.2. The molecule has 2 heterocycles. The van der Waals surface area contributed by atoms with Crippen LogP contribution in [0.4, 0.5) is 0 Å². The van der Waals surface area contributed by atoms with E-state index >= 15 is 0 Å². The average molecular weight is 259 g/mol. The summed E-state index contributed by atoms with van der Waals surface area (Å²) in [4.78, 5) is 6.69. The van der Waals surface area contributed by atoms with E-state index < -0.39 is 10.0 Å². The summed E-state index contributed by atoms with van der Waals surface area (Å²) in [5, 5.41) is 0.174. The van der Waals surface area contributed by atoms with Crippen LogP contribution in [-0.2, 0) is 14.8 Å². The average Bonchev–Trinajstić information content (AvgIpc) is 2.88. The molecule has 1 fully saturated rings. The van der Waals surface area contributed by atoms with Gasteiger partial charge in [-0.2, -0.15) is 4.31 Å². The minimum atomic E-state index is -3.41. The first-order valence-corrected chi connectivity index (χ1v) is 6.98. The second-order valence-electron chi connectivity index (χ2n) is 4.31. The number of rotatable bonds is 4. The van der Waals surface area contributed by atoms with E-state index in [9.17, 15) is 8.42 Å². The predicted molar refractivity (Wildman–Crippen MR) is 62.1 cm³/mol. The van der Waals surface area contributed by atoms with Crippen molar-refractivity contribution >= 4 is 10.0 Å². The first-order valence-electron chi connectivity index (χ1n) is 5.54. The lowest BCUT2D eigenvalue weighted by Gasteiger charge is -2.14. The molecule has 7 heteroatoms. The van der Waals surface area contributed by atoms with E-state index in [1.165, 1.54) is 10.5 Å². The Morgan fingerprint density at radius 1 is 1.65 bits per heavy atom. The molecule has 1 atom stereocenters. The van der Waals surface area contributed by atoms with E-state index in [0.717, 1.165) is 6.42 Å². The fraction of sp³-hybridized carbons (Fsp3) is 0.700. The Balaban J connectivity index is 2.13. The quantitative estimate of drug-likeness (QED) is 0.848. The molecular formula is C10H17N3O3S. The van der Waals surface area contributed by atoms with Crippen molar-refractivity contribution in [1.29, 1.82) is 0 Å². The molecule has 0 amide bonds. The van der Waals surface area contributed by atoms with Gasteiger partial charge in [-0.15, -0.1) is 0 Å². The summed E-state index contributed by atoms with van der Waals surface area (Å²) < 4.78 is 31.0.